The van der Waals surface area contributed by atoms with Crippen LogP contribution in [0.25, 0.3) is 11.3 Å². The number of ether oxygens (including phenoxy) is 1. The molecule has 0 radical (unpaired) electrons. The Morgan fingerprint density at radius 3 is 3.20 bits per heavy atom. The average Bonchev–Trinajstić information content (AvgIpc) is 3.06. The van der Waals surface area contributed by atoms with Crippen LogP contribution in [0.4, 0.5) is 5.69 Å². The van der Waals surface area contributed by atoms with Crippen molar-refractivity contribution in [2.24, 2.45) is 0 Å². The quantitative estimate of drug-likeness (QED) is 0.908. The minimum absolute atomic E-state index is 0.192. The standard InChI is InChI=1S/C16H21N3O/c1-3-20-12(2)10-19-11-17-9-15(19)14-6-4-5-13-7-8-18-16(13)14/h4-6,9,11-12,18H,3,7-8,10H2,1-2H3. The van der Waals surface area contributed by atoms with Gasteiger partial charge in [-0.15, -0.1) is 0 Å². The van der Waals surface area contributed by atoms with Crippen LogP contribution in [-0.2, 0) is 17.7 Å². The number of imidazole rings is 1. The summed E-state index contributed by atoms with van der Waals surface area (Å²) in [6, 6.07) is 6.49. The van der Waals surface area contributed by atoms with Crippen molar-refractivity contribution in [3.63, 3.8) is 0 Å². The molecule has 1 aromatic carbocycles. The number of fused-ring (bicyclic) bond motifs is 1. The maximum Gasteiger partial charge on any atom is 0.0951 e. The molecule has 1 aliphatic rings. The fourth-order valence-corrected chi connectivity index (χ4v) is 2.86. The van der Waals surface area contributed by atoms with Gasteiger partial charge < -0.3 is 14.6 Å². The van der Waals surface area contributed by atoms with E-state index in [9.17, 15) is 0 Å². The van der Waals surface area contributed by atoms with E-state index in [1.54, 1.807) is 0 Å². The van der Waals surface area contributed by atoms with Crippen LogP contribution in [-0.4, -0.2) is 28.8 Å². The van der Waals surface area contributed by atoms with Crippen molar-refractivity contribution >= 4 is 5.69 Å². The molecule has 0 bridgehead atoms. The first kappa shape index (κ1) is 13.2. The number of nitrogens with zero attached hydrogens (tertiary/aromatic N) is 2. The fraction of sp³-hybridized carbons (Fsp3) is 0.438. The van der Waals surface area contributed by atoms with Crippen LogP contribution in [0.15, 0.2) is 30.7 Å². The van der Waals surface area contributed by atoms with Crippen molar-refractivity contribution in [3.8, 4) is 11.3 Å². The molecule has 0 saturated heterocycles. The Kier molecular flexibility index (Phi) is 3.74. The minimum Gasteiger partial charge on any atom is -0.384 e. The van der Waals surface area contributed by atoms with Crippen molar-refractivity contribution in [3.05, 3.63) is 36.3 Å². The van der Waals surface area contributed by atoms with Gasteiger partial charge in [0, 0.05) is 24.4 Å². The SMILES string of the molecule is CCOC(C)Cn1cncc1-c1cccc2c1NCC2. The molecular weight excluding hydrogens is 250 g/mol. The summed E-state index contributed by atoms with van der Waals surface area (Å²) in [5.41, 5.74) is 5.05. The average molecular weight is 271 g/mol. The first-order chi connectivity index (χ1) is 9.79. The van der Waals surface area contributed by atoms with E-state index in [-0.39, 0.29) is 6.10 Å². The third-order valence-electron chi connectivity index (χ3n) is 3.74. The van der Waals surface area contributed by atoms with Gasteiger partial charge in [-0.3, -0.25) is 0 Å². The predicted octanol–water partition coefficient (Wildman–Crippen LogP) is 2.94. The third-order valence-corrected chi connectivity index (χ3v) is 3.74. The van der Waals surface area contributed by atoms with Crippen LogP contribution in [0.1, 0.15) is 19.4 Å². The highest BCUT2D eigenvalue weighted by atomic mass is 16.5. The zero-order valence-corrected chi connectivity index (χ0v) is 12.1. The number of benzene rings is 1. The highest BCUT2D eigenvalue weighted by molar-refractivity contribution is 5.79. The zero-order chi connectivity index (χ0) is 13.9. The fourth-order valence-electron chi connectivity index (χ4n) is 2.86. The third kappa shape index (κ3) is 2.43. The highest BCUT2D eigenvalue weighted by Gasteiger charge is 2.17. The van der Waals surface area contributed by atoms with Crippen molar-refractivity contribution in [2.75, 3.05) is 18.5 Å². The van der Waals surface area contributed by atoms with Crippen LogP contribution in [0.3, 0.4) is 0 Å². The molecule has 1 aromatic heterocycles. The van der Waals surface area contributed by atoms with Crippen LogP contribution >= 0.6 is 0 Å². The molecule has 0 aliphatic carbocycles. The second kappa shape index (κ2) is 5.67. The number of hydrogen-bond donors (Lipinski definition) is 1. The summed E-state index contributed by atoms with van der Waals surface area (Å²) in [6.07, 6.45) is 5.12. The topological polar surface area (TPSA) is 39.1 Å². The molecule has 106 valence electrons. The van der Waals surface area contributed by atoms with Gasteiger partial charge in [0.05, 0.1) is 30.9 Å². The normalized spacial score (nSPS) is 14.9. The molecule has 0 spiro atoms. The molecule has 1 N–H and O–H groups in total. The molecule has 0 fully saturated rings. The largest absolute Gasteiger partial charge is 0.384 e. The van der Waals surface area contributed by atoms with Gasteiger partial charge in [-0.05, 0) is 25.8 Å². The van der Waals surface area contributed by atoms with Gasteiger partial charge >= 0.3 is 0 Å². The molecule has 1 atom stereocenters. The van der Waals surface area contributed by atoms with E-state index in [0.717, 1.165) is 31.8 Å². The lowest BCUT2D eigenvalue weighted by Gasteiger charge is -2.16. The molecule has 4 heteroatoms. The Hall–Kier alpha value is -1.81. The Labute approximate surface area is 119 Å². The lowest BCUT2D eigenvalue weighted by Crippen LogP contribution is -2.16. The number of aromatic nitrogens is 2. The molecule has 20 heavy (non-hydrogen) atoms. The van der Waals surface area contributed by atoms with E-state index >= 15 is 0 Å². The van der Waals surface area contributed by atoms with E-state index in [1.165, 1.54) is 16.8 Å². The summed E-state index contributed by atoms with van der Waals surface area (Å²) in [6.45, 7) is 6.72. The van der Waals surface area contributed by atoms with Gasteiger partial charge in [0.2, 0.25) is 0 Å². The van der Waals surface area contributed by atoms with Gasteiger partial charge in [0.25, 0.3) is 0 Å². The summed E-state index contributed by atoms with van der Waals surface area (Å²) in [5.74, 6) is 0. The summed E-state index contributed by atoms with van der Waals surface area (Å²) < 4.78 is 7.81. The van der Waals surface area contributed by atoms with Crippen molar-refractivity contribution in [2.45, 2.75) is 32.9 Å². The number of para-hydroxylation sites is 1. The maximum atomic E-state index is 5.63. The molecule has 0 amide bonds. The van der Waals surface area contributed by atoms with Gasteiger partial charge in [-0.2, -0.15) is 0 Å². The van der Waals surface area contributed by atoms with Gasteiger partial charge in [-0.1, -0.05) is 18.2 Å². The lowest BCUT2D eigenvalue weighted by atomic mass is 10.1. The maximum absolute atomic E-state index is 5.63. The Morgan fingerprint density at radius 2 is 2.35 bits per heavy atom. The molecule has 0 saturated carbocycles. The summed E-state index contributed by atoms with van der Waals surface area (Å²) in [7, 11) is 0. The molecule has 1 unspecified atom stereocenters. The predicted molar refractivity (Wildman–Crippen MR) is 80.9 cm³/mol. The number of nitrogens with one attached hydrogen (secondary N) is 1. The Balaban J connectivity index is 1.92. The monoisotopic (exact) mass is 271 g/mol. The van der Waals surface area contributed by atoms with Crippen LogP contribution in [0.5, 0.6) is 0 Å². The molecular formula is C16H21N3O. The van der Waals surface area contributed by atoms with E-state index in [1.807, 2.05) is 19.4 Å². The number of rotatable bonds is 5. The molecule has 3 rings (SSSR count). The lowest BCUT2D eigenvalue weighted by molar-refractivity contribution is 0.0643. The van der Waals surface area contributed by atoms with Gasteiger partial charge in [-0.25, -0.2) is 4.98 Å². The van der Waals surface area contributed by atoms with E-state index in [2.05, 4.69) is 40.0 Å². The van der Waals surface area contributed by atoms with Crippen LogP contribution < -0.4 is 5.32 Å². The van der Waals surface area contributed by atoms with E-state index in [4.69, 9.17) is 4.74 Å². The van der Waals surface area contributed by atoms with Gasteiger partial charge in [0.1, 0.15) is 0 Å². The second-order valence-corrected chi connectivity index (χ2v) is 5.21. The summed E-state index contributed by atoms with van der Waals surface area (Å²) >= 11 is 0. The van der Waals surface area contributed by atoms with E-state index < -0.39 is 0 Å². The smallest absolute Gasteiger partial charge is 0.0951 e. The van der Waals surface area contributed by atoms with E-state index in [0.29, 0.717) is 0 Å². The minimum atomic E-state index is 0.192. The Bertz CT molecular complexity index is 591. The molecule has 1 aliphatic heterocycles. The van der Waals surface area contributed by atoms with Crippen molar-refractivity contribution < 1.29 is 4.74 Å². The molecule has 4 nitrogen and oxygen atoms in total. The number of anilines is 1. The first-order valence-corrected chi connectivity index (χ1v) is 7.27. The second-order valence-electron chi connectivity index (χ2n) is 5.21. The summed E-state index contributed by atoms with van der Waals surface area (Å²) in [4.78, 5) is 4.32. The number of hydrogen-bond acceptors (Lipinski definition) is 3. The molecule has 2 heterocycles. The van der Waals surface area contributed by atoms with Crippen LogP contribution in [0.2, 0.25) is 0 Å². The van der Waals surface area contributed by atoms with Crippen molar-refractivity contribution in [1.29, 1.82) is 0 Å². The Morgan fingerprint density at radius 1 is 1.45 bits per heavy atom. The zero-order valence-electron chi connectivity index (χ0n) is 12.1. The van der Waals surface area contributed by atoms with Gasteiger partial charge in [0.15, 0.2) is 0 Å². The van der Waals surface area contributed by atoms with Crippen molar-refractivity contribution in [1.82, 2.24) is 9.55 Å². The van der Waals surface area contributed by atoms with Crippen LogP contribution in [0, 0.1) is 0 Å². The summed E-state index contributed by atoms with van der Waals surface area (Å²) in [5, 5.41) is 3.49. The molecule has 2 aromatic rings. The first-order valence-electron chi connectivity index (χ1n) is 7.27. The highest BCUT2D eigenvalue weighted by Crippen LogP contribution is 2.34.